The fourth-order valence-corrected chi connectivity index (χ4v) is 2.30. The van der Waals surface area contributed by atoms with Crippen molar-refractivity contribution >= 4 is 11.9 Å². The molecule has 0 bridgehead atoms. The molecule has 0 aliphatic heterocycles. The lowest BCUT2D eigenvalue weighted by atomic mass is 10.1. The molecule has 1 heterocycles. The second-order valence-electron chi connectivity index (χ2n) is 5.38. The number of aromatic nitrogens is 3. The Morgan fingerprint density at radius 2 is 1.62 bits per heavy atom. The summed E-state index contributed by atoms with van der Waals surface area (Å²) in [5, 5.41) is 8.04. The maximum Gasteiger partial charge on any atom is 0.360 e. The maximum absolute atomic E-state index is 12.0. The SMILES string of the molecule is CCOC(=O)c1ccc(-n2nnc(C(=O)OCC)c2C(C)C)cc1. The minimum atomic E-state index is -0.490. The second-order valence-corrected chi connectivity index (χ2v) is 5.38. The molecule has 0 radical (unpaired) electrons. The van der Waals surface area contributed by atoms with Crippen LogP contribution in [0.15, 0.2) is 24.3 Å². The smallest absolute Gasteiger partial charge is 0.360 e. The number of carbonyl (C=O) groups excluding carboxylic acids is 2. The number of benzene rings is 1. The number of rotatable bonds is 6. The van der Waals surface area contributed by atoms with Crippen LogP contribution in [0.25, 0.3) is 5.69 Å². The van der Waals surface area contributed by atoms with Crippen molar-refractivity contribution in [1.29, 1.82) is 0 Å². The zero-order valence-corrected chi connectivity index (χ0v) is 14.3. The third-order valence-electron chi connectivity index (χ3n) is 3.34. The van der Waals surface area contributed by atoms with Crippen LogP contribution in [0.2, 0.25) is 0 Å². The minimum absolute atomic E-state index is 0.0177. The van der Waals surface area contributed by atoms with E-state index in [4.69, 9.17) is 9.47 Å². The van der Waals surface area contributed by atoms with Gasteiger partial charge in [-0.1, -0.05) is 19.1 Å². The number of nitrogens with zero attached hydrogens (tertiary/aromatic N) is 3. The third kappa shape index (κ3) is 3.61. The summed E-state index contributed by atoms with van der Waals surface area (Å²) in [5.41, 5.74) is 2.03. The first-order chi connectivity index (χ1) is 11.5. The summed E-state index contributed by atoms with van der Waals surface area (Å²) < 4.78 is 11.6. The van der Waals surface area contributed by atoms with Crippen LogP contribution >= 0.6 is 0 Å². The van der Waals surface area contributed by atoms with E-state index >= 15 is 0 Å². The summed E-state index contributed by atoms with van der Waals surface area (Å²) in [5.74, 6) is -0.848. The van der Waals surface area contributed by atoms with Crippen LogP contribution in [-0.4, -0.2) is 40.1 Å². The van der Waals surface area contributed by atoms with E-state index in [0.717, 1.165) is 0 Å². The molecule has 1 aromatic carbocycles. The molecule has 0 amide bonds. The fourth-order valence-electron chi connectivity index (χ4n) is 2.30. The van der Waals surface area contributed by atoms with Crippen LogP contribution < -0.4 is 0 Å². The third-order valence-corrected chi connectivity index (χ3v) is 3.34. The molecule has 0 aliphatic rings. The molecule has 7 heteroatoms. The Hall–Kier alpha value is -2.70. The molecule has 7 nitrogen and oxygen atoms in total. The Bertz CT molecular complexity index is 720. The van der Waals surface area contributed by atoms with Gasteiger partial charge in [0.05, 0.1) is 30.2 Å². The van der Waals surface area contributed by atoms with E-state index in [0.29, 0.717) is 23.6 Å². The average molecular weight is 331 g/mol. The molecule has 24 heavy (non-hydrogen) atoms. The van der Waals surface area contributed by atoms with E-state index in [-0.39, 0.29) is 24.2 Å². The van der Waals surface area contributed by atoms with Gasteiger partial charge in [-0.3, -0.25) is 0 Å². The molecule has 0 unspecified atom stereocenters. The average Bonchev–Trinajstić information content (AvgIpc) is 3.01. The lowest BCUT2D eigenvalue weighted by Gasteiger charge is -2.11. The Morgan fingerprint density at radius 3 is 2.17 bits per heavy atom. The van der Waals surface area contributed by atoms with Crippen molar-refractivity contribution in [1.82, 2.24) is 15.0 Å². The van der Waals surface area contributed by atoms with E-state index < -0.39 is 5.97 Å². The highest BCUT2D eigenvalue weighted by atomic mass is 16.5. The van der Waals surface area contributed by atoms with Crippen molar-refractivity contribution in [2.45, 2.75) is 33.6 Å². The molecule has 0 fully saturated rings. The van der Waals surface area contributed by atoms with Gasteiger partial charge in [0.15, 0.2) is 5.69 Å². The number of ether oxygens (including phenoxy) is 2. The summed E-state index contributed by atoms with van der Waals surface area (Å²) in [7, 11) is 0. The normalized spacial score (nSPS) is 10.7. The van der Waals surface area contributed by atoms with Gasteiger partial charge in [0.2, 0.25) is 0 Å². The molecule has 2 rings (SSSR count). The van der Waals surface area contributed by atoms with E-state index in [9.17, 15) is 9.59 Å². The summed E-state index contributed by atoms with van der Waals surface area (Å²) in [6, 6.07) is 6.79. The van der Waals surface area contributed by atoms with Crippen molar-refractivity contribution in [3.8, 4) is 5.69 Å². The highest BCUT2D eigenvalue weighted by molar-refractivity contribution is 5.90. The van der Waals surface area contributed by atoms with E-state index in [1.54, 1.807) is 42.8 Å². The van der Waals surface area contributed by atoms with Crippen LogP contribution in [0.3, 0.4) is 0 Å². The maximum atomic E-state index is 12.0. The largest absolute Gasteiger partial charge is 0.462 e. The van der Waals surface area contributed by atoms with Crippen molar-refractivity contribution in [2.75, 3.05) is 13.2 Å². The standard InChI is InChI=1S/C17H21N3O4/c1-5-23-16(21)12-7-9-13(10-8-12)20-15(11(3)4)14(18-19-20)17(22)24-6-2/h7-11H,5-6H2,1-4H3. The van der Waals surface area contributed by atoms with Gasteiger partial charge in [0.1, 0.15) is 0 Å². The Morgan fingerprint density at radius 1 is 1.04 bits per heavy atom. The van der Waals surface area contributed by atoms with Gasteiger partial charge in [-0.2, -0.15) is 0 Å². The van der Waals surface area contributed by atoms with Gasteiger partial charge >= 0.3 is 11.9 Å². The number of carbonyl (C=O) groups is 2. The van der Waals surface area contributed by atoms with Crippen molar-refractivity contribution in [3.05, 3.63) is 41.2 Å². The quantitative estimate of drug-likeness (QED) is 0.757. The Kier molecular flexibility index (Phi) is 5.68. The highest BCUT2D eigenvalue weighted by Gasteiger charge is 2.24. The van der Waals surface area contributed by atoms with Crippen LogP contribution in [0.4, 0.5) is 0 Å². The van der Waals surface area contributed by atoms with Gasteiger partial charge in [-0.15, -0.1) is 5.10 Å². The molecule has 2 aromatic rings. The summed E-state index contributed by atoms with van der Waals surface area (Å²) in [4.78, 5) is 23.7. The van der Waals surface area contributed by atoms with Gasteiger partial charge in [0.25, 0.3) is 0 Å². The molecular weight excluding hydrogens is 310 g/mol. The molecular formula is C17H21N3O4. The molecule has 128 valence electrons. The van der Waals surface area contributed by atoms with E-state index in [2.05, 4.69) is 10.3 Å². The molecule has 0 atom stereocenters. The summed E-state index contributed by atoms with van der Waals surface area (Å²) in [6.45, 7) is 8.00. The first kappa shape index (κ1) is 17.7. The van der Waals surface area contributed by atoms with Gasteiger partial charge in [-0.25, -0.2) is 14.3 Å². The first-order valence-electron chi connectivity index (χ1n) is 7.89. The zero-order chi connectivity index (χ0) is 17.7. The van der Waals surface area contributed by atoms with E-state index in [1.807, 2.05) is 13.8 Å². The van der Waals surface area contributed by atoms with Crippen molar-refractivity contribution < 1.29 is 19.1 Å². The monoisotopic (exact) mass is 331 g/mol. The fraction of sp³-hybridized carbons (Fsp3) is 0.412. The molecule has 1 aromatic heterocycles. The summed E-state index contributed by atoms with van der Waals surface area (Å²) in [6.07, 6.45) is 0. The predicted molar refractivity (Wildman–Crippen MR) is 87.4 cm³/mol. The molecule has 0 saturated heterocycles. The minimum Gasteiger partial charge on any atom is -0.462 e. The van der Waals surface area contributed by atoms with Crippen molar-refractivity contribution in [3.63, 3.8) is 0 Å². The number of hydrogen-bond acceptors (Lipinski definition) is 6. The van der Waals surface area contributed by atoms with Crippen LogP contribution in [0.5, 0.6) is 0 Å². The first-order valence-corrected chi connectivity index (χ1v) is 7.89. The van der Waals surface area contributed by atoms with Gasteiger partial charge < -0.3 is 9.47 Å². The van der Waals surface area contributed by atoms with Crippen LogP contribution in [-0.2, 0) is 9.47 Å². The van der Waals surface area contributed by atoms with Crippen LogP contribution in [0.1, 0.15) is 60.2 Å². The number of esters is 2. The molecule has 0 saturated carbocycles. The molecule has 0 spiro atoms. The topological polar surface area (TPSA) is 83.3 Å². The lowest BCUT2D eigenvalue weighted by Crippen LogP contribution is -2.11. The van der Waals surface area contributed by atoms with Gasteiger partial charge in [-0.05, 0) is 44.0 Å². The Labute approximate surface area is 140 Å². The summed E-state index contributed by atoms with van der Waals surface area (Å²) >= 11 is 0. The van der Waals surface area contributed by atoms with Crippen molar-refractivity contribution in [2.24, 2.45) is 0 Å². The lowest BCUT2D eigenvalue weighted by molar-refractivity contribution is 0.0511. The van der Waals surface area contributed by atoms with Gasteiger partial charge in [0, 0.05) is 0 Å². The number of hydrogen-bond donors (Lipinski definition) is 0. The molecule has 0 N–H and O–H groups in total. The molecule has 0 aliphatic carbocycles. The zero-order valence-electron chi connectivity index (χ0n) is 14.3. The highest BCUT2D eigenvalue weighted by Crippen LogP contribution is 2.22. The Balaban J connectivity index is 2.38. The second kappa shape index (κ2) is 7.72. The predicted octanol–water partition coefficient (Wildman–Crippen LogP) is 2.74. The van der Waals surface area contributed by atoms with Crippen LogP contribution in [0, 0.1) is 0 Å². The van der Waals surface area contributed by atoms with E-state index in [1.165, 1.54) is 0 Å².